The minimum absolute atomic E-state index is 0.336. The first-order valence-electron chi connectivity index (χ1n) is 5.33. The van der Waals surface area contributed by atoms with Crippen molar-refractivity contribution in [1.82, 2.24) is 9.88 Å². The summed E-state index contributed by atoms with van der Waals surface area (Å²) >= 11 is 5.32. The lowest BCUT2D eigenvalue weighted by Gasteiger charge is -2.29. The lowest BCUT2D eigenvalue weighted by Crippen LogP contribution is -2.43. The fraction of sp³-hybridized carbons (Fsp3) is 0.364. The number of rotatable bonds is 2. The molecule has 0 unspecified atom stereocenters. The quantitative estimate of drug-likeness (QED) is 0.366. The number of ether oxygens (including phenoxy) is 1. The van der Waals surface area contributed by atoms with Crippen LogP contribution in [-0.2, 0) is 4.74 Å². The molecule has 1 aliphatic heterocycles. The normalized spacial score (nSPS) is 16.9. The summed E-state index contributed by atoms with van der Waals surface area (Å²) in [6.07, 6.45) is 1.64. The minimum atomic E-state index is 0.336. The highest BCUT2D eigenvalue weighted by atomic mass is 32.1. The predicted octanol–water partition coefficient (Wildman–Crippen LogP) is 0.919. The maximum atomic E-state index is 9.08. The van der Waals surface area contributed by atoms with Gasteiger partial charge in [-0.15, -0.1) is 0 Å². The van der Waals surface area contributed by atoms with E-state index in [9.17, 15) is 0 Å². The summed E-state index contributed by atoms with van der Waals surface area (Å²) in [4.78, 5) is 6.60. The second-order valence-corrected chi connectivity index (χ2v) is 3.95. The van der Waals surface area contributed by atoms with Crippen LogP contribution in [0.25, 0.3) is 0 Å². The number of hydrogen-bond acceptors (Lipinski definition) is 5. The third-order valence-corrected chi connectivity index (χ3v) is 2.96. The zero-order valence-corrected chi connectivity index (χ0v) is 10.1. The van der Waals surface area contributed by atoms with E-state index in [1.807, 2.05) is 11.0 Å². The summed E-state index contributed by atoms with van der Waals surface area (Å²) in [5.41, 5.74) is 0.911. The molecule has 0 bridgehead atoms. The van der Waals surface area contributed by atoms with E-state index in [-0.39, 0.29) is 0 Å². The molecule has 1 aliphatic rings. The van der Waals surface area contributed by atoms with E-state index in [0.717, 1.165) is 0 Å². The number of hydrogen-bond donors (Lipinski definition) is 1. The van der Waals surface area contributed by atoms with Crippen molar-refractivity contribution in [2.24, 2.45) is 5.16 Å². The number of oxime groups is 1. The molecule has 0 saturated carbocycles. The molecule has 17 heavy (non-hydrogen) atoms. The zero-order valence-electron chi connectivity index (χ0n) is 9.24. The smallest absolute Gasteiger partial charge is 0.162 e. The highest BCUT2D eigenvalue weighted by Crippen LogP contribution is 2.06. The van der Waals surface area contributed by atoms with Crippen molar-refractivity contribution >= 4 is 22.9 Å². The molecule has 0 aromatic carbocycles. The van der Waals surface area contributed by atoms with Gasteiger partial charge in [-0.25, -0.2) is 0 Å². The van der Waals surface area contributed by atoms with E-state index in [1.165, 1.54) is 0 Å². The van der Waals surface area contributed by atoms with E-state index in [1.54, 1.807) is 18.3 Å². The lowest BCUT2D eigenvalue weighted by atomic mass is 10.2. The van der Waals surface area contributed by atoms with Crippen molar-refractivity contribution in [3.8, 4) is 0 Å². The summed E-state index contributed by atoms with van der Waals surface area (Å²) in [7, 11) is 0. The first kappa shape index (κ1) is 11.9. The highest BCUT2D eigenvalue weighted by Gasteiger charge is 2.20. The molecule has 1 N–H and O–H groups in total. The first-order chi connectivity index (χ1) is 8.33. The van der Waals surface area contributed by atoms with Gasteiger partial charge in [0.15, 0.2) is 5.71 Å². The van der Waals surface area contributed by atoms with Crippen LogP contribution in [0.5, 0.6) is 0 Å². The molecule has 0 spiro atoms. The van der Waals surface area contributed by atoms with Gasteiger partial charge in [-0.2, -0.15) is 0 Å². The molecule has 5 nitrogen and oxygen atoms in total. The number of aromatic nitrogens is 1. The van der Waals surface area contributed by atoms with E-state index in [4.69, 9.17) is 22.2 Å². The molecule has 2 heterocycles. The van der Waals surface area contributed by atoms with Crippen LogP contribution < -0.4 is 0 Å². The van der Waals surface area contributed by atoms with E-state index >= 15 is 0 Å². The van der Waals surface area contributed by atoms with Crippen LogP contribution in [0.2, 0.25) is 0 Å². The number of thiocarbonyl (C=S) groups is 1. The van der Waals surface area contributed by atoms with Crippen molar-refractivity contribution in [3.63, 3.8) is 0 Å². The summed E-state index contributed by atoms with van der Waals surface area (Å²) < 4.78 is 5.25. The van der Waals surface area contributed by atoms with Gasteiger partial charge >= 0.3 is 0 Å². The van der Waals surface area contributed by atoms with Gasteiger partial charge in [-0.3, -0.25) is 4.98 Å². The molecular formula is C11H13N3O2S. The van der Waals surface area contributed by atoms with Crippen molar-refractivity contribution in [1.29, 1.82) is 0 Å². The molecule has 1 saturated heterocycles. The maximum absolute atomic E-state index is 9.08. The second kappa shape index (κ2) is 5.70. The average molecular weight is 251 g/mol. The van der Waals surface area contributed by atoms with E-state index < -0.39 is 0 Å². The summed E-state index contributed by atoms with van der Waals surface area (Å²) in [5.74, 6) is 0. The van der Waals surface area contributed by atoms with Gasteiger partial charge in [0, 0.05) is 19.3 Å². The molecule has 1 aromatic heterocycles. The molecule has 2 rings (SSSR count). The van der Waals surface area contributed by atoms with Crippen molar-refractivity contribution in [2.45, 2.75) is 0 Å². The molecule has 6 heteroatoms. The van der Waals surface area contributed by atoms with Gasteiger partial charge in [-0.1, -0.05) is 23.4 Å². The van der Waals surface area contributed by atoms with Crippen molar-refractivity contribution in [2.75, 3.05) is 26.3 Å². The third-order valence-electron chi connectivity index (χ3n) is 2.51. The predicted molar refractivity (Wildman–Crippen MR) is 67.6 cm³/mol. The molecule has 0 radical (unpaired) electrons. The maximum Gasteiger partial charge on any atom is 0.162 e. The fourth-order valence-corrected chi connectivity index (χ4v) is 1.95. The molecule has 1 fully saturated rings. The topological polar surface area (TPSA) is 58.0 Å². The number of morpholine rings is 1. The van der Waals surface area contributed by atoms with Gasteiger partial charge in [0.05, 0.1) is 18.9 Å². The van der Waals surface area contributed by atoms with E-state index in [0.29, 0.717) is 42.7 Å². The van der Waals surface area contributed by atoms with Gasteiger partial charge < -0.3 is 14.8 Å². The summed E-state index contributed by atoms with van der Waals surface area (Å²) in [6.45, 7) is 2.71. The molecule has 0 aliphatic carbocycles. The molecule has 1 aromatic rings. The zero-order chi connectivity index (χ0) is 12.1. The van der Waals surface area contributed by atoms with Crippen LogP contribution in [-0.4, -0.2) is 52.1 Å². The van der Waals surface area contributed by atoms with Crippen molar-refractivity contribution in [3.05, 3.63) is 30.1 Å². The highest BCUT2D eigenvalue weighted by molar-refractivity contribution is 7.82. The number of nitrogens with zero attached hydrogens (tertiary/aromatic N) is 3. The van der Waals surface area contributed by atoms with Gasteiger partial charge in [0.2, 0.25) is 0 Å². The summed E-state index contributed by atoms with van der Waals surface area (Å²) in [6, 6.07) is 5.40. The molecule has 90 valence electrons. The Morgan fingerprint density at radius 2 is 2.18 bits per heavy atom. The first-order valence-corrected chi connectivity index (χ1v) is 5.74. The Kier molecular flexibility index (Phi) is 4.00. The van der Waals surface area contributed by atoms with Crippen LogP contribution in [0, 0.1) is 0 Å². The Balaban J connectivity index is 2.16. The van der Waals surface area contributed by atoms with Gasteiger partial charge in [0.1, 0.15) is 4.99 Å². The SMILES string of the molecule is ON=C(C(=S)N1CCOCC1)c1ccccn1. The Bertz CT molecular complexity index is 416. The van der Waals surface area contributed by atoms with Crippen LogP contribution in [0.3, 0.4) is 0 Å². The lowest BCUT2D eigenvalue weighted by molar-refractivity contribution is 0.0697. The second-order valence-electron chi connectivity index (χ2n) is 3.57. The van der Waals surface area contributed by atoms with Crippen LogP contribution in [0.1, 0.15) is 5.69 Å². The third kappa shape index (κ3) is 2.78. The van der Waals surface area contributed by atoms with Crippen LogP contribution in [0.15, 0.2) is 29.6 Å². The van der Waals surface area contributed by atoms with E-state index in [2.05, 4.69) is 10.1 Å². The fourth-order valence-electron chi connectivity index (χ4n) is 1.62. The van der Waals surface area contributed by atoms with Gasteiger partial charge in [-0.05, 0) is 12.1 Å². The monoisotopic (exact) mass is 251 g/mol. The average Bonchev–Trinajstić information content (AvgIpc) is 2.42. The van der Waals surface area contributed by atoms with Gasteiger partial charge in [0.25, 0.3) is 0 Å². The Morgan fingerprint density at radius 3 is 2.76 bits per heavy atom. The van der Waals surface area contributed by atoms with Crippen molar-refractivity contribution < 1.29 is 9.94 Å². The minimum Gasteiger partial charge on any atom is -0.410 e. The standard InChI is InChI=1S/C11H13N3O2S/c15-13-10(9-3-1-2-4-12-9)11(17)14-5-7-16-8-6-14/h1-4,15H,5-8H2. The molecule has 0 atom stereocenters. The van der Waals surface area contributed by atoms with Crippen LogP contribution >= 0.6 is 12.2 Å². The number of pyridine rings is 1. The Labute approximate surface area is 105 Å². The Hall–Kier alpha value is -1.53. The summed E-state index contributed by atoms with van der Waals surface area (Å²) in [5, 5.41) is 12.3. The molecular weight excluding hydrogens is 238 g/mol. The Morgan fingerprint density at radius 1 is 1.41 bits per heavy atom. The largest absolute Gasteiger partial charge is 0.410 e. The van der Waals surface area contributed by atoms with Crippen LogP contribution in [0.4, 0.5) is 0 Å². The molecule has 0 amide bonds.